The molecule has 0 aliphatic heterocycles. The fourth-order valence-corrected chi connectivity index (χ4v) is 2.78. The second kappa shape index (κ2) is 7.00. The number of aromatic nitrogens is 4. The molecular formula is C17H18BrN5O. The van der Waals surface area contributed by atoms with E-state index in [0.29, 0.717) is 29.1 Å². The number of amides is 1. The van der Waals surface area contributed by atoms with Crippen LogP contribution in [0.3, 0.4) is 0 Å². The quantitative estimate of drug-likeness (QED) is 0.728. The second-order valence-corrected chi connectivity index (χ2v) is 6.37. The van der Waals surface area contributed by atoms with Gasteiger partial charge in [0.2, 0.25) is 0 Å². The minimum atomic E-state index is -0.283. The Hall–Kier alpha value is -2.41. The highest BCUT2D eigenvalue weighted by atomic mass is 79.9. The van der Waals surface area contributed by atoms with Crippen LogP contribution in [-0.2, 0) is 13.1 Å². The molecule has 124 valence electrons. The molecule has 2 aromatic heterocycles. The van der Waals surface area contributed by atoms with Crippen molar-refractivity contribution >= 4 is 27.7 Å². The molecule has 0 unspecified atom stereocenters. The lowest BCUT2D eigenvalue weighted by Crippen LogP contribution is -2.14. The van der Waals surface area contributed by atoms with Crippen LogP contribution in [0.15, 0.2) is 47.2 Å². The van der Waals surface area contributed by atoms with Gasteiger partial charge in [0.1, 0.15) is 0 Å². The third kappa shape index (κ3) is 3.73. The van der Waals surface area contributed by atoms with E-state index in [1.54, 1.807) is 21.6 Å². The van der Waals surface area contributed by atoms with Crippen molar-refractivity contribution in [3.63, 3.8) is 0 Å². The molecule has 2 heterocycles. The summed E-state index contributed by atoms with van der Waals surface area (Å²) in [4.78, 5) is 12.3. The predicted octanol–water partition coefficient (Wildman–Crippen LogP) is 3.47. The molecule has 0 spiro atoms. The summed E-state index contributed by atoms with van der Waals surface area (Å²) in [6.45, 7) is 5.39. The molecule has 3 rings (SSSR count). The molecule has 0 bridgehead atoms. The van der Waals surface area contributed by atoms with Gasteiger partial charge in [-0.15, -0.1) is 0 Å². The minimum Gasteiger partial charge on any atom is -0.304 e. The summed E-state index contributed by atoms with van der Waals surface area (Å²) in [6.07, 6.45) is 3.63. The van der Waals surface area contributed by atoms with Crippen LogP contribution in [0, 0.1) is 6.92 Å². The first kappa shape index (κ1) is 16.4. The molecule has 0 fully saturated rings. The number of carbonyl (C=O) groups is 1. The van der Waals surface area contributed by atoms with E-state index in [0.717, 1.165) is 5.56 Å². The van der Waals surface area contributed by atoms with Crippen LogP contribution in [0.25, 0.3) is 0 Å². The zero-order valence-electron chi connectivity index (χ0n) is 13.5. The van der Waals surface area contributed by atoms with Gasteiger partial charge in [-0.25, -0.2) is 0 Å². The Balaban J connectivity index is 1.68. The van der Waals surface area contributed by atoms with Gasteiger partial charge in [-0.2, -0.15) is 10.2 Å². The van der Waals surface area contributed by atoms with Crippen LogP contribution in [0.1, 0.15) is 28.5 Å². The van der Waals surface area contributed by atoms with Crippen molar-refractivity contribution in [1.82, 2.24) is 19.6 Å². The van der Waals surface area contributed by atoms with Crippen LogP contribution in [0.4, 0.5) is 5.82 Å². The third-order valence-electron chi connectivity index (χ3n) is 3.60. The van der Waals surface area contributed by atoms with E-state index >= 15 is 0 Å². The maximum absolute atomic E-state index is 12.3. The number of anilines is 1. The number of halogens is 1. The van der Waals surface area contributed by atoms with Crippen LogP contribution in [0.5, 0.6) is 0 Å². The molecule has 0 aliphatic carbocycles. The van der Waals surface area contributed by atoms with Crippen molar-refractivity contribution in [3.05, 3.63) is 64.0 Å². The molecule has 0 radical (unpaired) electrons. The average molecular weight is 388 g/mol. The number of benzene rings is 1. The summed E-state index contributed by atoms with van der Waals surface area (Å²) in [5.41, 5.74) is 2.74. The van der Waals surface area contributed by atoms with Crippen molar-refractivity contribution in [1.29, 1.82) is 0 Å². The lowest BCUT2D eigenvalue weighted by molar-refractivity contribution is 0.102. The summed E-state index contributed by atoms with van der Waals surface area (Å²) < 4.78 is 4.16. The largest absolute Gasteiger partial charge is 0.304 e. The van der Waals surface area contributed by atoms with Gasteiger partial charge in [-0.3, -0.25) is 14.2 Å². The zero-order valence-corrected chi connectivity index (χ0v) is 15.1. The Kier molecular flexibility index (Phi) is 4.80. The van der Waals surface area contributed by atoms with E-state index in [-0.39, 0.29) is 5.91 Å². The van der Waals surface area contributed by atoms with Crippen LogP contribution < -0.4 is 5.32 Å². The van der Waals surface area contributed by atoms with E-state index < -0.39 is 0 Å². The van der Waals surface area contributed by atoms with Crippen molar-refractivity contribution in [3.8, 4) is 0 Å². The monoisotopic (exact) mass is 387 g/mol. The van der Waals surface area contributed by atoms with E-state index in [2.05, 4.69) is 62.6 Å². The first-order valence-corrected chi connectivity index (χ1v) is 8.47. The van der Waals surface area contributed by atoms with Gasteiger partial charge in [0.05, 0.1) is 11.0 Å². The van der Waals surface area contributed by atoms with Crippen molar-refractivity contribution in [2.45, 2.75) is 26.9 Å². The Morgan fingerprint density at radius 2 is 1.92 bits per heavy atom. The highest BCUT2D eigenvalue weighted by molar-refractivity contribution is 9.10. The first-order chi connectivity index (χ1) is 11.5. The molecule has 0 atom stereocenters. The molecule has 24 heavy (non-hydrogen) atoms. The first-order valence-electron chi connectivity index (χ1n) is 7.68. The molecule has 1 aromatic carbocycles. The molecular weight excluding hydrogens is 370 g/mol. The molecule has 0 saturated carbocycles. The van der Waals surface area contributed by atoms with Crippen molar-refractivity contribution in [2.75, 3.05) is 5.32 Å². The number of nitrogens with one attached hydrogen (secondary N) is 1. The summed E-state index contributed by atoms with van der Waals surface area (Å²) in [6, 6.07) is 10.1. The van der Waals surface area contributed by atoms with Gasteiger partial charge < -0.3 is 5.32 Å². The van der Waals surface area contributed by atoms with E-state index in [1.807, 2.05) is 13.1 Å². The van der Waals surface area contributed by atoms with Gasteiger partial charge in [-0.05, 0) is 35.3 Å². The molecule has 3 aromatic rings. The molecule has 6 nitrogen and oxygen atoms in total. The molecule has 0 aliphatic rings. The SMILES string of the molecule is CCn1cc(Br)c(C(=O)Nc2ccn(Cc3ccc(C)cc3)n2)n1. The number of hydrogen-bond donors (Lipinski definition) is 1. The molecule has 1 N–H and O–H groups in total. The number of aryl methyl sites for hydroxylation is 2. The summed E-state index contributed by atoms with van der Waals surface area (Å²) in [7, 11) is 0. The Morgan fingerprint density at radius 3 is 2.58 bits per heavy atom. The van der Waals surface area contributed by atoms with Gasteiger partial charge in [0.15, 0.2) is 11.5 Å². The Labute approximate surface area is 148 Å². The highest BCUT2D eigenvalue weighted by Crippen LogP contribution is 2.16. The lowest BCUT2D eigenvalue weighted by Gasteiger charge is -2.03. The number of nitrogens with zero attached hydrogens (tertiary/aromatic N) is 4. The Bertz CT molecular complexity index is 850. The van der Waals surface area contributed by atoms with E-state index in [1.165, 1.54) is 5.56 Å². The van der Waals surface area contributed by atoms with Crippen molar-refractivity contribution < 1.29 is 4.79 Å². The maximum atomic E-state index is 12.3. The lowest BCUT2D eigenvalue weighted by atomic mass is 10.1. The van der Waals surface area contributed by atoms with Gasteiger partial charge in [0, 0.05) is 25.0 Å². The summed E-state index contributed by atoms with van der Waals surface area (Å²) >= 11 is 3.36. The minimum absolute atomic E-state index is 0.283. The van der Waals surface area contributed by atoms with E-state index in [4.69, 9.17) is 0 Å². The van der Waals surface area contributed by atoms with Crippen LogP contribution >= 0.6 is 15.9 Å². The Morgan fingerprint density at radius 1 is 1.17 bits per heavy atom. The fraction of sp³-hybridized carbons (Fsp3) is 0.235. The highest BCUT2D eigenvalue weighted by Gasteiger charge is 2.16. The summed E-state index contributed by atoms with van der Waals surface area (Å²) in [5, 5.41) is 11.4. The number of rotatable bonds is 5. The van der Waals surface area contributed by atoms with Crippen molar-refractivity contribution in [2.24, 2.45) is 0 Å². The molecule has 0 saturated heterocycles. The maximum Gasteiger partial charge on any atom is 0.278 e. The second-order valence-electron chi connectivity index (χ2n) is 5.52. The van der Waals surface area contributed by atoms with Gasteiger partial charge in [-0.1, -0.05) is 29.8 Å². The van der Waals surface area contributed by atoms with Crippen LogP contribution in [-0.4, -0.2) is 25.5 Å². The van der Waals surface area contributed by atoms with Gasteiger partial charge in [0.25, 0.3) is 5.91 Å². The summed E-state index contributed by atoms with van der Waals surface area (Å²) in [5.74, 6) is 0.222. The zero-order chi connectivity index (χ0) is 17.1. The molecule has 7 heteroatoms. The molecule has 1 amide bonds. The topological polar surface area (TPSA) is 64.7 Å². The fourth-order valence-electron chi connectivity index (χ4n) is 2.29. The number of carbonyl (C=O) groups excluding carboxylic acids is 1. The smallest absolute Gasteiger partial charge is 0.278 e. The predicted molar refractivity (Wildman–Crippen MR) is 96.1 cm³/mol. The average Bonchev–Trinajstić information content (AvgIpc) is 3.16. The normalized spacial score (nSPS) is 10.8. The number of hydrogen-bond acceptors (Lipinski definition) is 3. The van der Waals surface area contributed by atoms with Crippen LogP contribution in [0.2, 0.25) is 0 Å². The third-order valence-corrected chi connectivity index (χ3v) is 4.18. The van der Waals surface area contributed by atoms with Gasteiger partial charge >= 0.3 is 0 Å². The van der Waals surface area contributed by atoms with E-state index in [9.17, 15) is 4.79 Å². The standard InChI is InChI=1S/C17H18BrN5O/c1-3-22-11-14(18)16(21-22)17(24)19-15-8-9-23(20-15)10-13-6-4-12(2)5-7-13/h4-9,11H,3,10H2,1-2H3,(H,19,20,24).